The van der Waals surface area contributed by atoms with Crippen molar-refractivity contribution in [3.05, 3.63) is 30.7 Å². The molecular formula is C31H51N3O2. The van der Waals surface area contributed by atoms with Crippen molar-refractivity contribution in [2.24, 2.45) is 0 Å². The van der Waals surface area contributed by atoms with Crippen molar-refractivity contribution < 1.29 is 9.47 Å². The SMILES string of the molecule is CCCCCCCCCCCCOc1cnc(-c2ccc(OCCCCCCCCCC)cn2)nc1. The molecule has 5 nitrogen and oxygen atoms in total. The Kier molecular flexibility index (Phi) is 17.5. The first-order chi connectivity index (χ1) is 17.8. The number of unbranched alkanes of at least 4 members (excludes halogenated alkanes) is 16. The van der Waals surface area contributed by atoms with E-state index in [-0.39, 0.29) is 0 Å². The maximum Gasteiger partial charge on any atom is 0.178 e. The fraction of sp³-hybridized carbons (Fsp3) is 0.710. The number of hydrogen-bond donors (Lipinski definition) is 0. The van der Waals surface area contributed by atoms with E-state index in [2.05, 4.69) is 28.8 Å². The fourth-order valence-corrected chi connectivity index (χ4v) is 4.33. The Bertz CT molecular complexity index is 749. The quantitative estimate of drug-likeness (QED) is 0.143. The first-order valence-corrected chi connectivity index (χ1v) is 14.9. The number of nitrogens with zero attached hydrogens (tertiary/aromatic N) is 3. The topological polar surface area (TPSA) is 57.1 Å². The fourth-order valence-electron chi connectivity index (χ4n) is 4.33. The molecule has 0 aliphatic rings. The van der Waals surface area contributed by atoms with Gasteiger partial charge in [-0.05, 0) is 25.0 Å². The third-order valence-electron chi connectivity index (χ3n) is 6.63. The van der Waals surface area contributed by atoms with E-state index in [0.717, 1.165) is 43.2 Å². The van der Waals surface area contributed by atoms with Crippen molar-refractivity contribution in [2.45, 2.75) is 129 Å². The predicted molar refractivity (Wildman–Crippen MR) is 151 cm³/mol. The van der Waals surface area contributed by atoms with Crippen molar-refractivity contribution in [2.75, 3.05) is 13.2 Å². The molecule has 0 amide bonds. The molecule has 0 saturated heterocycles. The summed E-state index contributed by atoms with van der Waals surface area (Å²) in [5.41, 5.74) is 0.746. The molecule has 0 aliphatic heterocycles. The van der Waals surface area contributed by atoms with Gasteiger partial charge in [0.25, 0.3) is 0 Å². The molecule has 2 aromatic rings. The van der Waals surface area contributed by atoms with Crippen LogP contribution < -0.4 is 9.47 Å². The molecule has 36 heavy (non-hydrogen) atoms. The van der Waals surface area contributed by atoms with Gasteiger partial charge in [-0.2, -0.15) is 0 Å². The number of rotatable bonds is 23. The van der Waals surface area contributed by atoms with Gasteiger partial charge in [0.2, 0.25) is 0 Å². The van der Waals surface area contributed by atoms with Crippen LogP contribution in [-0.4, -0.2) is 28.2 Å². The molecule has 0 spiro atoms. The Morgan fingerprint density at radius 3 is 1.33 bits per heavy atom. The van der Waals surface area contributed by atoms with Crippen LogP contribution in [0.3, 0.4) is 0 Å². The molecule has 0 aromatic carbocycles. The molecular weight excluding hydrogens is 446 g/mol. The lowest BCUT2D eigenvalue weighted by Crippen LogP contribution is -2.00. The minimum Gasteiger partial charge on any atom is -0.492 e. The second-order valence-electron chi connectivity index (χ2n) is 9.98. The predicted octanol–water partition coefficient (Wildman–Crippen LogP) is 9.36. The van der Waals surface area contributed by atoms with E-state index in [4.69, 9.17) is 9.47 Å². The molecule has 0 unspecified atom stereocenters. The van der Waals surface area contributed by atoms with Crippen LogP contribution in [-0.2, 0) is 0 Å². The van der Waals surface area contributed by atoms with Gasteiger partial charge in [-0.15, -0.1) is 0 Å². The van der Waals surface area contributed by atoms with E-state index in [1.807, 2.05) is 12.1 Å². The summed E-state index contributed by atoms with van der Waals surface area (Å²) in [6.45, 7) is 6.00. The molecule has 2 aromatic heterocycles. The highest BCUT2D eigenvalue weighted by Gasteiger charge is 2.05. The Balaban J connectivity index is 1.53. The van der Waals surface area contributed by atoms with Crippen LogP contribution >= 0.6 is 0 Å². The highest BCUT2D eigenvalue weighted by atomic mass is 16.5. The maximum atomic E-state index is 5.84. The van der Waals surface area contributed by atoms with E-state index in [1.54, 1.807) is 18.6 Å². The van der Waals surface area contributed by atoms with Crippen LogP contribution in [0, 0.1) is 0 Å². The minimum absolute atomic E-state index is 0.607. The molecule has 0 N–H and O–H groups in total. The molecule has 0 aliphatic carbocycles. The molecule has 2 heterocycles. The lowest BCUT2D eigenvalue weighted by molar-refractivity contribution is 0.302. The van der Waals surface area contributed by atoms with Crippen LogP contribution in [0.4, 0.5) is 0 Å². The van der Waals surface area contributed by atoms with Gasteiger partial charge in [-0.1, -0.05) is 117 Å². The molecule has 0 saturated carbocycles. The maximum absolute atomic E-state index is 5.84. The van der Waals surface area contributed by atoms with E-state index < -0.39 is 0 Å². The molecule has 0 fully saturated rings. The van der Waals surface area contributed by atoms with E-state index >= 15 is 0 Å². The van der Waals surface area contributed by atoms with Gasteiger partial charge in [-0.3, -0.25) is 0 Å². The third-order valence-corrected chi connectivity index (χ3v) is 6.63. The molecule has 0 bridgehead atoms. The van der Waals surface area contributed by atoms with Crippen molar-refractivity contribution in [3.63, 3.8) is 0 Å². The highest BCUT2D eigenvalue weighted by molar-refractivity contribution is 5.49. The smallest absolute Gasteiger partial charge is 0.178 e. The van der Waals surface area contributed by atoms with Gasteiger partial charge in [0.15, 0.2) is 11.6 Å². The lowest BCUT2D eigenvalue weighted by atomic mass is 10.1. The van der Waals surface area contributed by atoms with E-state index in [1.165, 1.54) is 103 Å². The summed E-state index contributed by atoms with van der Waals surface area (Å²) in [4.78, 5) is 13.3. The van der Waals surface area contributed by atoms with Gasteiger partial charge < -0.3 is 9.47 Å². The standard InChI is InChI=1S/C31H51N3O2/c1-3-5-7-9-11-13-14-16-18-20-24-36-29-26-33-31(34-27-29)30-22-21-28(25-32-30)35-23-19-17-15-12-10-8-6-4-2/h21-22,25-27H,3-20,23-24H2,1-2H3. The summed E-state index contributed by atoms with van der Waals surface area (Å²) in [6, 6.07) is 3.87. The highest BCUT2D eigenvalue weighted by Crippen LogP contribution is 2.18. The van der Waals surface area contributed by atoms with Crippen molar-refractivity contribution in [1.82, 2.24) is 15.0 Å². The zero-order chi connectivity index (χ0) is 25.5. The molecule has 5 heteroatoms. The summed E-state index contributed by atoms with van der Waals surface area (Å²) in [7, 11) is 0. The Labute approximate surface area is 220 Å². The van der Waals surface area contributed by atoms with Crippen LogP contribution in [0.5, 0.6) is 11.5 Å². The zero-order valence-corrected chi connectivity index (χ0v) is 23.2. The second kappa shape index (κ2) is 21.0. The van der Waals surface area contributed by atoms with Crippen LogP contribution in [0.15, 0.2) is 30.7 Å². The largest absolute Gasteiger partial charge is 0.492 e. The van der Waals surface area contributed by atoms with Crippen molar-refractivity contribution in [1.29, 1.82) is 0 Å². The number of pyridine rings is 1. The Morgan fingerprint density at radius 1 is 0.472 bits per heavy atom. The monoisotopic (exact) mass is 497 g/mol. The summed E-state index contributed by atoms with van der Waals surface area (Å²) in [5, 5.41) is 0. The van der Waals surface area contributed by atoms with E-state index in [9.17, 15) is 0 Å². The average molecular weight is 498 g/mol. The van der Waals surface area contributed by atoms with Crippen LogP contribution in [0.25, 0.3) is 11.5 Å². The Hall–Kier alpha value is -2.17. The van der Waals surface area contributed by atoms with E-state index in [0.29, 0.717) is 5.82 Å². The zero-order valence-electron chi connectivity index (χ0n) is 23.2. The molecule has 2 rings (SSSR count). The first-order valence-electron chi connectivity index (χ1n) is 14.9. The lowest BCUT2D eigenvalue weighted by Gasteiger charge is -2.08. The van der Waals surface area contributed by atoms with Crippen molar-refractivity contribution >= 4 is 0 Å². The Morgan fingerprint density at radius 2 is 0.889 bits per heavy atom. The first kappa shape index (κ1) is 30.1. The van der Waals surface area contributed by atoms with Crippen LogP contribution in [0.2, 0.25) is 0 Å². The van der Waals surface area contributed by atoms with Crippen molar-refractivity contribution in [3.8, 4) is 23.0 Å². The molecule has 0 atom stereocenters. The van der Waals surface area contributed by atoms with Gasteiger partial charge in [0, 0.05) is 0 Å². The minimum atomic E-state index is 0.607. The van der Waals surface area contributed by atoms with Gasteiger partial charge in [0.1, 0.15) is 11.4 Å². The third kappa shape index (κ3) is 14.4. The normalized spacial score (nSPS) is 11.1. The molecule has 202 valence electrons. The summed E-state index contributed by atoms with van der Waals surface area (Å²) < 4.78 is 11.7. The van der Waals surface area contributed by atoms with Crippen LogP contribution in [0.1, 0.15) is 129 Å². The van der Waals surface area contributed by atoms with Gasteiger partial charge >= 0.3 is 0 Å². The second-order valence-corrected chi connectivity index (χ2v) is 9.98. The number of aromatic nitrogens is 3. The summed E-state index contributed by atoms with van der Waals surface area (Å²) >= 11 is 0. The summed E-state index contributed by atoms with van der Waals surface area (Å²) in [5.74, 6) is 2.13. The number of ether oxygens (including phenoxy) is 2. The average Bonchev–Trinajstić information content (AvgIpc) is 2.91. The number of hydrogen-bond acceptors (Lipinski definition) is 5. The van der Waals surface area contributed by atoms with Gasteiger partial charge in [-0.25, -0.2) is 15.0 Å². The summed E-state index contributed by atoms with van der Waals surface area (Å²) in [6.07, 6.45) is 28.9. The van der Waals surface area contributed by atoms with Gasteiger partial charge in [0.05, 0.1) is 31.8 Å². The molecule has 0 radical (unpaired) electrons.